The zero-order valence-corrected chi connectivity index (χ0v) is 27.5. The van der Waals surface area contributed by atoms with Gasteiger partial charge in [0.2, 0.25) is 0 Å². The highest BCUT2D eigenvalue weighted by Crippen LogP contribution is 2.50. The van der Waals surface area contributed by atoms with Crippen LogP contribution in [0.15, 0.2) is 170 Å². The van der Waals surface area contributed by atoms with Gasteiger partial charge in [0.05, 0.1) is 16.7 Å². The molecule has 0 bridgehead atoms. The molecule has 4 nitrogen and oxygen atoms in total. The first-order chi connectivity index (χ1) is 25.3. The highest BCUT2D eigenvalue weighted by atomic mass is 15.0. The van der Waals surface area contributed by atoms with Gasteiger partial charge in [-0.1, -0.05) is 146 Å². The molecule has 8 aromatic carbocycles. The zero-order valence-electron chi connectivity index (χ0n) is 27.5. The number of benzene rings is 8. The molecule has 1 aliphatic rings. The van der Waals surface area contributed by atoms with Crippen LogP contribution in [0.5, 0.6) is 0 Å². The summed E-state index contributed by atoms with van der Waals surface area (Å²) in [4.78, 5) is 15.2. The number of hydrogen-bond donors (Lipinski definition) is 0. The van der Waals surface area contributed by atoms with E-state index in [0.29, 0.717) is 17.5 Å². The maximum atomic E-state index is 5.12. The van der Waals surface area contributed by atoms with Crippen LogP contribution in [-0.4, -0.2) is 19.5 Å². The number of nitrogens with zero attached hydrogens (tertiary/aromatic N) is 4. The smallest absolute Gasteiger partial charge is 0.164 e. The van der Waals surface area contributed by atoms with Gasteiger partial charge in [-0.3, -0.25) is 0 Å². The molecule has 51 heavy (non-hydrogen) atoms. The van der Waals surface area contributed by atoms with Crippen molar-refractivity contribution in [3.8, 4) is 62.1 Å². The first kappa shape index (κ1) is 28.0. The van der Waals surface area contributed by atoms with Crippen molar-refractivity contribution in [3.63, 3.8) is 0 Å². The predicted molar refractivity (Wildman–Crippen MR) is 210 cm³/mol. The van der Waals surface area contributed by atoms with Crippen molar-refractivity contribution >= 4 is 43.4 Å². The molecule has 0 spiro atoms. The van der Waals surface area contributed by atoms with Crippen LogP contribution in [0, 0.1) is 0 Å². The van der Waals surface area contributed by atoms with Crippen LogP contribution in [0.3, 0.4) is 0 Å². The summed E-state index contributed by atoms with van der Waals surface area (Å²) in [5.41, 5.74) is 11.3. The number of hydrogen-bond acceptors (Lipinski definition) is 3. The molecular formula is C47H28N4. The van der Waals surface area contributed by atoms with E-state index >= 15 is 0 Å². The molecule has 0 atom stereocenters. The van der Waals surface area contributed by atoms with Crippen LogP contribution in [0.1, 0.15) is 0 Å². The van der Waals surface area contributed by atoms with Crippen molar-refractivity contribution in [2.75, 3.05) is 0 Å². The molecule has 0 saturated heterocycles. The summed E-state index contributed by atoms with van der Waals surface area (Å²) < 4.78 is 2.46. The summed E-state index contributed by atoms with van der Waals surface area (Å²) >= 11 is 0. The Morgan fingerprint density at radius 3 is 1.57 bits per heavy atom. The molecule has 1 aliphatic carbocycles. The van der Waals surface area contributed by atoms with Crippen LogP contribution in [-0.2, 0) is 0 Å². The Bertz CT molecular complexity index is 2960. The van der Waals surface area contributed by atoms with Gasteiger partial charge < -0.3 is 4.57 Å². The van der Waals surface area contributed by atoms with E-state index in [1.165, 1.54) is 54.8 Å². The maximum absolute atomic E-state index is 5.12. The fourth-order valence-corrected chi connectivity index (χ4v) is 8.13. The topological polar surface area (TPSA) is 43.6 Å². The summed E-state index contributed by atoms with van der Waals surface area (Å²) in [6.07, 6.45) is 0. The molecule has 0 aliphatic heterocycles. The minimum absolute atomic E-state index is 0.638. The van der Waals surface area contributed by atoms with Crippen molar-refractivity contribution in [1.29, 1.82) is 0 Å². The van der Waals surface area contributed by atoms with Crippen LogP contribution < -0.4 is 0 Å². The predicted octanol–water partition coefficient (Wildman–Crippen LogP) is 11.9. The molecule has 2 aromatic heterocycles. The van der Waals surface area contributed by atoms with Gasteiger partial charge >= 0.3 is 0 Å². The molecule has 11 rings (SSSR count). The van der Waals surface area contributed by atoms with E-state index in [9.17, 15) is 0 Å². The minimum atomic E-state index is 0.638. The fraction of sp³-hybridized carbons (Fsp3) is 0. The van der Waals surface area contributed by atoms with Crippen molar-refractivity contribution < 1.29 is 0 Å². The first-order valence-corrected chi connectivity index (χ1v) is 17.3. The molecule has 236 valence electrons. The molecule has 0 unspecified atom stereocenters. The van der Waals surface area contributed by atoms with Crippen LogP contribution in [0.4, 0.5) is 0 Å². The number of fused-ring (bicyclic) bond motifs is 4. The van der Waals surface area contributed by atoms with Crippen LogP contribution in [0.2, 0.25) is 0 Å². The summed E-state index contributed by atoms with van der Waals surface area (Å²) in [5, 5.41) is 7.40. The third-order valence-corrected chi connectivity index (χ3v) is 10.3. The van der Waals surface area contributed by atoms with Crippen LogP contribution >= 0.6 is 0 Å². The number of aromatic nitrogens is 4. The Kier molecular flexibility index (Phi) is 5.92. The lowest BCUT2D eigenvalue weighted by atomic mass is 9.93. The molecule has 0 N–H and O–H groups in total. The van der Waals surface area contributed by atoms with E-state index in [1.54, 1.807) is 0 Å². The Balaban J connectivity index is 1.25. The van der Waals surface area contributed by atoms with Crippen molar-refractivity contribution in [1.82, 2.24) is 19.5 Å². The minimum Gasteiger partial charge on any atom is -0.309 e. The number of rotatable bonds is 4. The molecule has 0 amide bonds. The molecular weight excluding hydrogens is 621 g/mol. The summed E-state index contributed by atoms with van der Waals surface area (Å²) in [6, 6.07) is 60.3. The van der Waals surface area contributed by atoms with Crippen LogP contribution in [0.25, 0.3) is 105 Å². The SMILES string of the molecule is c1ccc(-c2nc(-c3ccccc3)nc(-c3cc(-n4c5cccc6c5c5c7c(cccc7ccc54)-c4ccccc4-6)c4ccccc4c3)n2)cc1. The second kappa shape index (κ2) is 10.8. The summed E-state index contributed by atoms with van der Waals surface area (Å²) in [6.45, 7) is 0. The maximum Gasteiger partial charge on any atom is 0.164 e. The molecule has 10 aromatic rings. The van der Waals surface area contributed by atoms with Gasteiger partial charge in [0.25, 0.3) is 0 Å². The van der Waals surface area contributed by atoms with Gasteiger partial charge in [-0.15, -0.1) is 0 Å². The van der Waals surface area contributed by atoms with E-state index in [0.717, 1.165) is 33.2 Å². The van der Waals surface area contributed by atoms with Gasteiger partial charge in [0.15, 0.2) is 17.5 Å². The molecule has 4 heteroatoms. The van der Waals surface area contributed by atoms with Crippen molar-refractivity contribution in [3.05, 3.63) is 170 Å². The molecule has 2 heterocycles. The monoisotopic (exact) mass is 648 g/mol. The second-order valence-electron chi connectivity index (χ2n) is 13.2. The lowest BCUT2D eigenvalue weighted by molar-refractivity contribution is 1.07. The Hall–Kier alpha value is -6.91. The Morgan fingerprint density at radius 2 is 0.863 bits per heavy atom. The van der Waals surface area contributed by atoms with Gasteiger partial charge in [0, 0.05) is 32.8 Å². The summed E-state index contributed by atoms with van der Waals surface area (Å²) in [7, 11) is 0. The van der Waals surface area contributed by atoms with Crippen molar-refractivity contribution in [2.45, 2.75) is 0 Å². The van der Waals surface area contributed by atoms with Gasteiger partial charge in [-0.25, -0.2) is 15.0 Å². The quantitative estimate of drug-likeness (QED) is 0.191. The van der Waals surface area contributed by atoms with E-state index in [-0.39, 0.29) is 0 Å². The van der Waals surface area contributed by atoms with Gasteiger partial charge in [-0.05, 0) is 62.7 Å². The van der Waals surface area contributed by atoms with E-state index in [1.807, 2.05) is 36.4 Å². The standard InChI is InChI=1S/C47H28N4/c1-3-13-30(14-4-1)45-48-46(31-15-5-2-6-16-31)50-47(49-45)33-27-32-17-7-8-19-34(32)41(28-33)51-39-24-12-23-38-36-21-10-9-20-35(36)37-22-11-18-29-25-26-40(51)44(42(29)37)43(38)39/h1-28H. The largest absolute Gasteiger partial charge is 0.309 e. The highest BCUT2D eigenvalue weighted by molar-refractivity contribution is 6.30. The third kappa shape index (κ3) is 4.17. The average molecular weight is 649 g/mol. The zero-order chi connectivity index (χ0) is 33.5. The van der Waals surface area contributed by atoms with Gasteiger partial charge in [-0.2, -0.15) is 0 Å². The Morgan fingerprint density at radius 1 is 0.333 bits per heavy atom. The van der Waals surface area contributed by atoms with E-state index < -0.39 is 0 Å². The third-order valence-electron chi connectivity index (χ3n) is 10.3. The lowest BCUT2D eigenvalue weighted by Crippen LogP contribution is -2.02. The Labute approximate surface area is 294 Å². The van der Waals surface area contributed by atoms with Crippen molar-refractivity contribution in [2.24, 2.45) is 0 Å². The molecule has 0 radical (unpaired) electrons. The fourth-order valence-electron chi connectivity index (χ4n) is 8.13. The molecule has 0 fully saturated rings. The highest BCUT2D eigenvalue weighted by Gasteiger charge is 2.25. The molecule has 0 saturated carbocycles. The second-order valence-corrected chi connectivity index (χ2v) is 13.2. The normalized spacial score (nSPS) is 11.9. The van der Waals surface area contributed by atoms with Gasteiger partial charge in [0.1, 0.15) is 0 Å². The van der Waals surface area contributed by atoms with E-state index in [2.05, 4.69) is 138 Å². The summed E-state index contributed by atoms with van der Waals surface area (Å²) in [5.74, 6) is 1.94. The average Bonchev–Trinajstić information content (AvgIpc) is 3.49. The first-order valence-electron chi connectivity index (χ1n) is 17.3. The van der Waals surface area contributed by atoms with E-state index in [4.69, 9.17) is 15.0 Å². The lowest BCUT2D eigenvalue weighted by Gasteiger charge is -2.16.